The standard InChI is InChI=1S/C13H22O5/c1-2-3-4-5-6-7-8-17-13-12(16)11(15)10(14)9-18-13/h2,6-7,10-16H,1,3-5,8-9H2/b7-6+/t10-,11+,12-,13+/m1/s1. The van der Waals surface area contributed by atoms with Gasteiger partial charge in [-0.3, -0.25) is 0 Å². The van der Waals surface area contributed by atoms with Crippen molar-refractivity contribution >= 4 is 0 Å². The normalized spacial score (nSPS) is 32.8. The zero-order valence-electron chi connectivity index (χ0n) is 10.4. The van der Waals surface area contributed by atoms with Crippen LogP contribution < -0.4 is 0 Å². The van der Waals surface area contributed by atoms with E-state index in [1.54, 1.807) is 0 Å². The minimum atomic E-state index is -1.22. The third-order valence-corrected chi connectivity index (χ3v) is 2.76. The summed E-state index contributed by atoms with van der Waals surface area (Å²) in [6.07, 6.45) is 4.31. The van der Waals surface area contributed by atoms with E-state index in [0.717, 1.165) is 19.3 Å². The Labute approximate surface area is 107 Å². The minimum Gasteiger partial charge on any atom is -0.388 e. The van der Waals surface area contributed by atoms with Crippen molar-refractivity contribution in [3.05, 3.63) is 24.8 Å². The van der Waals surface area contributed by atoms with Gasteiger partial charge in [-0.1, -0.05) is 18.2 Å². The van der Waals surface area contributed by atoms with Gasteiger partial charge in [-0.2, -0.15) is 0 Å². The molecule has 0 aromatic rings. The Morgan fingerprint density at radius 1 is 1.17 bits per heavy atom. The smallest absolute Gasteiger partial charge is 0.186 e. The molecule has 1 aliphatic rings. The fourth-order valence-electron chi connectivity index (χ4n) is 1.64. The number of rotatable bonds is 7. The summed E-state index contributed by atoms with van der Waals surface area (Å²) in [5.41, 5.74) is 0. The number of ether oxygens (including phenoxy) is 2. The lowest BCUT2D eigenvalue weighted by Crippen LogP contribution is -2.53. The van der Waals surface area contributed by atoms with Crippen LogP contribution in [0.5, 0.6) is 0 Å². The number of hydrogen-bond donors (Lipinski definition) is 3. The lowest BCUT2D eigenvalue weighted by atomic mass is 10.1. The van der Waals surface area contributed by atoms with Crippen molar-refractivity contribution in [1.29, 1.82) is 0 Å². The van der Waals surface area contributed by atoms with Crippen LogP contribution in [0.3, 0.4) is 0 Å². The summed E-state index contributed by atoms with van der Waals surface area (Å²) in [7, 11) is 0. The quantitative estimate of drug-likeness (QED) is 0.454. The van der Waals surface area contributed by atoms with Crippen LogP contribution in [0.15, 0.2) is 24.8 Å². The molecule has 104 valence electrons. The van der Waals surface area contributed by atoms with Gasteiger partial charge in [0.1, 0.15) is 18.3 Å². The fraction of sp³-hybridized carbons (Fsp3) is 0.692. The topological polar surface area (TPSA) is 79.2 Å². The molecule has 1 heterocycles. The molecule has 0 unspecified atom stereocenters. The van der Waals surface area contributed by atoms with Gasteiger partial charge in [0.2, 0.25) is 0 Å². The second-order valence-electron chi connectivity index (χ2n) is 4.27. The van der Waals surface area contributed by atoms with Gasteiger partial charge in [0, 0.05) is 0 Å². The molecule has 4 atom stereocenters. The van der Waals surface area contributed by atoms with Gasteiger partial charge >= 0.3 is 0 Å². The first-order chi connectivity index (χ1) is 8.66. The lowest BCUT2D eigenvalue weighted by Gasteiger charge is -2.34. The fourth-order valence-corrected chi connectivity index (χ4v) is 1.64. The van der Waals surface area contributed by atoms with Crippen LogP contribution >= 0.6 is 0 Å². The Morgan fingerprint density at radius 2 is 1.94 bits per heavy atom. The van der Waals surface area contributed by atoms with Gasteiger partial charge < -0.3 is 24.8 Å². The number of allylic oxidation sites excluding steroid dienone is 2. The van der Waals surface area contributed by atoms with Crippen LogP contribution in [0.1, 0.15) is 19.3 Å². The Bertz CT molecular complexity index is 266. The summed E-state index contributed by atoms with van der Waals surface area (Å²) >= 11 is 0. The van der Waals surface area contributed by atoms with Gasteiger partial charge in [-0.25, -0.2) is 0 Å². The molecule has 1 aliphatic heterocycles. The van der Waals surface area contributed by atoms with E-state index in [-0.39, 0.29) is 6.61 Å². The predicted octanol–water partition coefficient (Wildman–Crippen LogP) is 0.354. The molecule has 0 aromatic carbocycles. The highest BCUT2D eigenvalue weighted by atomic mass is 16.7. The summed E-state index contributed by atoms with van der Waals surface area (Å²) < 4.78 is 10.4. The Kier molecular flexibility index (Phi) is 7.15. The Hall–Kier alpha value is -0.720. The molecule has 0 spiro atoms. The lowest BCUT2D eigenvalue weighted by molar-refractivity contribution is -0.266. The molecular weight excluding hydrogens is 236 g/mol. The Balaban J connectivity index is 2.17. The number of aliphatic hydroxyl groups is 3. The van der Waals surface area contributed by atoms with Crippen LogP contribution in [0.2, 0.25) is 0 Å². The molecule has 18 heavy (non-hydrogen) atoms. The van der Waals surface area contributed by atoms with Gasteiger partial charge in [0.05, 0.1) is 13.2 Å². The molecule has 0 aliphatic carbocycles. The van der Waals surface area contributed by atoms with Crippen molar-refractivity contribution in [1.82, 2.24) is 0 Å². The maximum Gasteiger partial charge on any atom is 0.186 e. The van der Waals surface area contributed by atoms with Crippen LogP contribution in [-0.4, -0.2) is 53.1 Å². The van der Waals surface area contributed by atoms with E-state index in [9.17, 15) is 15.3 Å². The SMILES string of the molecule is C=CCCC/C=C/CO[C@H]1OC[C@@H](O)[C@H](O)[C@H]1O. The molecule has 5 heteroatoms. The van der Waals surface area contributed by atoms with Crippen LogP contribution in [0.25, 0.3) is 0 Å². The van der Waals surface area contributed by atoms with E-state index in [1.807, 2.05) is 18.2 Å². The average molecular weight is 258 g/mol. The van der Waals surface area contributed by atoms with Gasteiger partial charge in [0.15, 0.2) is 6.29 Å². The van der Waals surface area contributed by atoms with E-state index in [2.05, 4.69) is 6.58 Å². The third-order valence-electron chi connectivity index (χ3n) is 2.76. The molecule has 0 aromatic heterocycles. The highest BCUT2D eigenvalue weighted by Crippen LogP contribution is 2.16. The molecule has 1 rings (SSSR count). The van der Waals surface area contributed by atoms with Crippen molar-refractivity contribution in [2.24, 2.45) is 0 Å². The minimum absolute atomic E-state index is 0.0358. The molecule has 1 fully saturated rings. The Morgan fingerprint density at radius 3 is 2.67 bits per heavy atom. The van der Waals surface area contributed by atoms with Crippen molar-refractivity contribution in [2.75, 3.05) is 13.2 Å². The van der Waals surface area contributed by atoms with Gasteiger partial charge in [-0.05, 0) is 19.3 Å². The van der Waals surface area contributed by atoms with Crippen molar-refractivity contribution in [3.63, 3.8) is 0 Å². The molecule has 0 saturated carbocycles. The van der Waals surface area contributed by atoms with Crippen molar-refractivity contribution in [2.45, 2.75) is 43.9 Å². The van der Waals surface area contributed by atoms with Crippen LogP contribution in [0.4, 0.5) is 0 Å². The predicted molar refractivity (Wildman–Crippen MR) is 66.9 cm³/mol. The molecule has 5 nitrogen and oxygen atoms in total. The second kappa shape index (κ2) is 8.39. The largest absolute Gasteiger partial charge is 0.388 e. The van der Waals surface area contributed by atoms with Crippen molar-refractivity contribution < 1.29 is 24.8 Å². The van der Waals surface area contributed by atoms with Crippen LogP contribution in [0, 0.1) is 0 Å². The van der Waals surface area contributed by atoms with Gasteiger partial charge in [-0.15, -0.1) is 6.58 Å². The molecular formula is C13H22O5. The first-order valence-electron chi connectivity index (χ1n) is 6.20. The van der Waals surface area contributed by atoms with E-state index >= 15 is 0 Å². The summed E-state index contributed by atoms with van der Waals surface area (Å²) in [6.45, 7) is 3.91. The maximum absolute atomic E-state index is 9.59. The third kappa shape index (κ3) is 4.88. The maximum atomic E-state index is 9.59. The summed E-state index contributed by atoms with van der Waals surface area (Å²) in [5, 5.41) is 28.3. The zero-order valence-corrected chi connectivity index (χ0v) is 10.4. The number of hydrogen-bond acceptors (Lipinski definition) is 5. The summed E-state index contributed by atoms with van der Waals surface area (Å²) in [6, 6.07) is 0. The van der Waals surface area contributed by atoms with E-state index in [4.69, 9.17) is 9.47 Å². The second-order valence-corrected chi connectivity index (χ2v) is 4.27. The first kappa shape index (κ1) is 15.3. The summed E-state index contributed by atoms with van der Waals surface area (Å²) in [5.74, 6) is 0. The molecule has 0 bridgehead atoms. The van der Waals surface area contributed by atoms with E-state index in [1.165, 1.54) is 0 Å². The van der Waals surface area contributed by atoms with Crippen LogP contribution in [-0.2, 0) is 9.47 Å². The monoisotopic (exact) mass is 258 g/mol. The summed E-state index contributed by atoms with van der Waals surface area (Å²) in [4.78, 5) is 0. The number of aliphatic hydroxyl groups excluding tert-OH is 3. The molecule has 3 N–H and O–H groups in total. The number of unbranched alkanes of at least 4 members (excludes halogenated alkanes) is 2. The highest BCUT2D eigenvalue weighted by molar-refractivity contribution is 4.85. The zero-order chi connectivity index (χ0) is 13.4. The molecule has 0 amide bonds. The molecule has 1 saturated heterocycles. The van der Waals surface area contributed by atoms with Gasteiger partial charge in [0.25, 0.3) is 0 Å². The first-order valence-corrected chi connectivity index (χ1v) is 6.20. The highest BCUT2D eigenvalue weighted by Gasteiger charge is 2.37. The van der Waals surface area contributed by atoms with Crippen molar-refractivity contribution in [3.8, 4) is 0 Å². The van der Waals surface area contributed by atoms with E-state index in [0.29, 0.717) is 6.61 Å². The van der Waals surface area contributed by atoms with E-state index < -0.39 is 24.6 Å². The average Bonchev–Trinajstić information content (AvgIpc) is 2.37. The molecule has 0 radical (unpaired) electrons.